The zero-order valence-electron chi connectivity index (χ0n) is 15.6. The lowest BCUT2D eigenvalue weighted by molar-refractivity contribution is -0.679. The average molecular weight is 364 g/mol. The van der Waals surface area contributed by atoms with Gasteiger partial charge in [0.2, 0.25) is 6.33 Å². The fourth-order valence-corrected chi connectivity index (χ4v) is 2.50. The molecule has 3 aromatic rings. The molecule has 1 aromatic heterocycles. The first-order valence-electron chi connectivity index (χ1n) is 8.48. The molecule has 0 spiro atoms. The first-order valence-corrected chi connectivity index (χ1v) is 8.48. The Morgan fingerprint density at radius 3 is 2.52 bits per heavy atom. The van der Waals surface area contributed by atoms with E-state index in [4.69, 9.17) is 4.74 Å². The Morgan fingerprint density at radius 2 is 1.89 bits per heavy atom. The van der Waals surface area contributed by atoms with Gasteiger partial charge in [0.25, 0.3) is 6.33 Å². The average Bonchev–Trinajstić information content (AvgIpc) is 3.14. The number of benzene rings is 2. The summed E-state index contributed by atoms with van der Waals surface area (Å²) in [7, 11) is 5.39. The van der Waals surface area contributed by atoms with Gasteiger partial charge < -0.3 is 9.64 Å². The minimum absolute atomic E-state index is 0.341. The lowest BCUT2D eigenvalue weighted by atomic mass is 10.1. The van der Waals surface area contributed by atoms with Gasteiger partial charge in [0.15, 0.2) is 0 Å². The highest BCUT2D eigenvalue weighted by Crippen LogP contribution is 2.11. The third-order valence-electron chi connectivity index (χ3n) is 4.04. The van der Waals surface area contributed by atoms with Crippen molar-refractivity contribution < 1.29 is 14.2 Å². The highest BCUT2D eigenvalue weighted by Gasteiger charge is 2.08. The van der Waals surface area contributed by atoms with E-state index < -0.39 is 0 Å². The van der Waals surface area contributed by atoms with Gasteiger partial charge in [0.1, 0.15) is 6.54 Å². The van der Waals surface area contributed by atoms with Gasteiger partial charge in [0.05, 0.1) is 18.9 Å². The van der Waals surface area contributed by atoms with Crippen molar-refractivity contribution in [3.8, 4) is 0 Å². The lowest BCUT2D eigenvalue weighted by Crippen LogP contribution is -2.24. The molecule has 3 rings (SSSR count). The molecule has 27 heavy (non-hydrogen) atoms. The minimum Gasteiger partial charge on any atom is -0.465 e. The topological polar surface area (TPSA) is 63.6 Å². The molecule has 1 heterocycles. The fourth-order valence-electron chi connectivity index (χ4n) is 2.50. The number of hydrogen-bond donors (Lipinski definition) is 0. The van der Waals surface area contributed by atoms with Crippen LogP contribution in [-0.4, -0.2) is 43.2 Å². The van der Waals surface area contributed by atoms with Gasteiger partial charge >= 0.3 is 5.97 Å². The van der Waals surface area contributed by atoms with Gasteiger partial charge in [-0.25, -0.2) is 4.79 Å². The molecular formula is C20H22N5O2+. The molecule has 0 unspecified atom stereocenters. The number of nitrogens with zero attached hydrogens (tertiary/aromatic N) is 5. The molecule has 0 fully saturated rings. The van der Waals surface area contributed by atoms with Crippen LogP contribution in [0, 0.1) is 0 Å². The molecule has 0 bridgehead atoms. The molecule has 0 amide bonds. The molecule has 0 aliphatic rings. The van der Waals surface area contributed by atoms with Gasteiger partial charge in [-0.3, -0.25) is 0 Å². The lowest BCUT2D eigenvalue weighted by Gasteiger charge is -2.11. The highest BCUT2D eigenvalue weighted by atomic mass is 16.5. The summed E-state index contributed by atoms with van der Waals surface area (Å²) in [5.41, 5.74) is 3.72. The van der Waals surface area contributed by atoms with Crippen LogP contribution in [-0.2, 0) is 11.3 Å². The molecule has 7 nitrogen and oxygen atoms in total. The van der Waals surface area contributed by atoms with Crippen LogP contribution in [0.15, 0.2) is 66.3 Å². The van der Waals surface area contributed by atoms with Crippen molar-refractivity contribution in [3.63, 3.8) is 0 Å². The van der Waals surface area contributed by atoms with Gasteiger partial charge in [-0.1, -0.05) is 24.3 Å². The first kappa shape index (κ1) is 18.3. The third-order valence-corrected chi connectivity index (χ3v) is 4.04. The molecule has 2 aromatic carbocycles. The molecule has 0 saturated heterocycles. The highest BCUT2D eigenvalue weighted by molar-refractivity contribution is 5.89. The van der Waals surface area contributed by atoms with Gasteiger partial charge in [-0.05, 0) is 35.4 Å². The molecule has 0 atom stereocenters. The number of carbonyl (C=O) groups is 1. The molecular weight excluding hydrogens is 342 g/mol. The summed E-state index contributed by atoms with van der Waals surface area (Å²) in [4.78, 5) is 13.5. The number of rotatable bonds is 6. The van der Waals surface area contributed by atoms with Crippen LogP contribution in [0.3, 0.4) is 0 Å². The standard InChI is InChI=1S/C20H22N5O2/c1-23(2)19-10-6-16(7-11-19)12-21-25-14-22-24(15-25)13-17-4-8-18(9-5-17)20(26)27-3/h4-12,14-15H,13H2,1-3H3/q+1. The third kappa shape index (κ3) is 4.78. The van der Waals surface area contributed by atoms with Crippen molar-refractivity contribution in [1.29, 1.82) is 0 Å². The van der Waals surface area contributed by atoms with E-state index in [-0.39, 0.29) is 5.97 Å². The number of ether oxygens (including phenoxy) is 1. The number of hydrogen-bond acceptors (Lipinski definition) is 5. The van der Waals surface area contributed by atoms with Crippen molar-refractivity contribution in [2.45, 2.75) is 6.54 Å². The van der Waals surface area contributed by atoms with Crippen molar-refractivity contribution >= 4 is 17.9 Å². The summed E-state index contributed by atoms with van der Waals surface area (Å²) in [6.45, 7) is 0.585. The van der Waals surface area contributed by atoms with Crippen molar-refractivity contribution in [1.82, 2.24) is 9.78 Å². The SMILES string of the molecule is COC(=O)c1ccc(Cn2c[n+](N=Cc3ccc(N(C)C)cc3)cn2)cc1. The zero-order valence-corrected chi connectivity index (χ0v) is 15.6. The van der Waals surface area contributed by atoms with Crippen LogP contribution in [0.25, 0.3) is 0 Å². The first-order chi connectivity index (χ1) is 13.0. The molecule has 0 saturated carbocycles. The number of carbonyl (C=O) groups excluding carboxylic acids is 1. The van der Waals surface area contributed by atoms with E-state index in [0.717, 1.165) is 16.8 Å². The van der Waals surface area contributed by atoms with E-state index in [9.17, 15) is 4.79 Å². The van der Waals surface area contributed by atoms with E-state index in [2.05, 4.69) is 15.1 Å². The minimum atomic E-state index is -0.341. The van der Waals surface area contributed by atoms with E-state index in [1.165, 1.54) is 7.11 Å². The second kappa shape index (κ2) is 8.27. The summed E-state index contributed by atoms with van der Waals surface area (Å²) in [5.74, 6) is -0.341. The molecule has 7 heteroatoms. The Balaban J connectivity index is 1.63. The summed E-state index contributed by atoms with van der Waals surface area (Å²) in [5, 5.41) is 8.70. The smallest absolute Gasteiger partial charge is 0.337 e. The van der Waals surface area contributed by atoms with Gasteiger partial charge in [-0.15, -0.1) is 14.5 Å². The molecule has 0 aliphatic heterocycles. The van der Waals surface area contributed by atoms with Gasteiger partial charge in [-0.2, -0.15) is 0 Å². The van der Waals surface area contributed by atoms with Crippen LogP contribution < -0.4 is 9.58 Å². The number of aromatic nitrogens is 3. The Bertz CT molecular complexity index is 928. The Kier molecular flexibility index (Phi) is 5.61. The van der Waals surface area contributed by atoms with E-state index in [1.807, 2.05) is 50.5 Å². The predicted octanol–water partition coefficient (Wildman–Crippen LogP) is 1.95. The quantitative estimate of drug-likeness (QED) is 0.381. The van der Waals surface area contributed by atoms with Crippen molar-refractivity contribution in [2.75, 3.05) is 26.1 Å². The number of methoxy groups -OCH3 is 1. The summed E-state index contributed by atoms with van der Waals surface area (Å²) in [6, 6.07) is 15.4. The van der Waals surface area contributed by atoms with Crippen molar-refractivity contribution in [3.05, 3.63) is 77.9 Å². The van der Waals surface area contributed by atoms with E-state index in [1.54, 1.807) is 40.4 Å². The van der Waals surface area contributed by atoms with Crippen LogP contribution in [0.1, 0.15) is 21.5 Å². The predicted molar refractivity (Wildman–Crippen MR) is 103 cm³/mol. The molecule has 0 N–H and O–H groups in total. The van der Waals surface area contributed by atoms with Crippen LogP contribution in [0.4, 0.5) is 5.69 Å². The normalized spacial score (nSPS) is 10.9. The summed E-state index contributed by atoms with van der Waals surface area (Å²) < 4.78 is 8.13. The molecule has 0 aliphatic carbocycles. The van der Waals surface area contributed by atoms with Crippen molar-refractivity contribution in [2.24, 2.45) is 5.10 Å². The maximum atomic E-state index is 11.5. The van der Waals surface area contributed by atoms with E-state index in [0.29, 0.717) is 12.1 Å². The second-order valence-corrected chi connectivity index (χ2v) is 6.24. The number of anilines is 1. The van der Waals surface area contributed by atoms with E-state index >= 15 is 0 Å². The largest absolute Gasteiger partial charge is 0.465 e. The van der Waals surface area contributed by atoms with Crippen LogP contribution >= 0.6 is 0 Å². The summed E-state index contributed by atoms with van der Waals surface area (Å²) >= 11 is 0. The molecule has 138 valence electrons. The zero-order chi connectivity index (χ0) is 19.2. The van der Waals surface area contributed by atoms with Crippen LogP contribution in [0.2, 0.25) is 0 Å². The Morgan fingerprint density at radius 1 is 1.19 bits per heavy atom. The summed E-state index contributed by atoms with van der Waals surface area (Å²) in [6.07, 6.45) is 5.24. The second-order valence-electron chi connectivity index (χ2n) is 6.24. The monoisotopic (exact) mass is 364 g/mol. The Labute approximate surface area is 158 Å². The Hall–Kier alpha value is -3.48. The van der Waals surface area contributed by atoms with Crippen LogP contribution in [0.5, 0.6) is 0 Å². The number of esters is 1. The molecule has 0 radical (unpaired) electrons. The maximum Gasteiger partial charge on any atom is 0.337 e. The van der Waals surface area contributed by atoms with Gasteiger partial charge in [0, 0.05) is 24.9 Å². The maximum absolute atomic E-state index is 11.5. The fraction of sp³-hybridized carbons (Fsp3) is 0.200.